The van der Waals surface area contributed by atoms with Crippen LogP contribution in [0.3, 0.4) is 0 Å². The summed E-state index contributed by atoms with van der Waals surface area (Å²) in [6, 6.07) is 16.2. The minimum Gasteiger partial charge on any atom is -0.458 e. The fraction of sp³-hybridized carbons (Fsp3) is 0.143. The molecule has 2 aromatic carbocycles. The molecule has 2 aromatic rings. The maximum Gasteiger partial charge on any atom is 0.330 e. The molecule has 0 amide bonds. The predicted molar refractivity (Wildman–Crippen MR) is 133 cm³/mol. The average Bonchev–Trinajstić information content (AvgIpc) is 2.93. The molecule has 36 heavy (non-hydrogen) atoms. The second-order valence-corrected chi connectivity index (χ2v) is 6.82. The SMILES string of the molecule is C=CC(=O)OCC(OC(=O)C=C)c1ccccc1.C=CC(=O)OCc1cccc(COC(=O)C=C)c1. The third-order valence-corrected chi connectivity index (χ3v) is 4.23. The van der Waals surface area contributed by atoms with Crippen LogP contribution >= 0.6 is 0 Å². The van der Waals surface area contributed by atoms with Crippen molar-refractivity contribution in [1.82, 2.24) is 0 Å². The first-order valence-electron chi connectivity index (χ1n) is 10.7. The molecule has 0 aliphatic heterocycles. The number of carbonyl (C=O) groups excluding carboxylic acids is 4. The summed E-state index contributed by atoms with van der Waals surface area (Å²) in [5, 5.41) is 0. The smallest absolute Gasteiger partial charge is 0.330 e. The van der Waals surface area contributed by atoms with Crippen molar-refractivity contribution < 1.29 is 38.1 Å². The molecule has 0 saturated heterocycles. The Kier molecular flexibility index (Phi) is 13.7. The van der Waals surface area contributed by atoms with Crippen molar-refractivity contribution in [2.45, 2.75) is 19.3 Å². The van der Waals surface area contributed by atoms with Crippen LogP contribution in [0.25, 0.3) is 0 Å². The van der Waals surface area contributed by atoms with Crippen molar-refractivity contribution in [1.29, 1.82) is 0 Å². The van der Waals surface area contributed by atoms with Gasteiger partial charge in [0.2, 0.25) is 0 Å². The van der Waals surface area contributed by atoms with Crippen LogP contribution in [0.15, 0.2) is 105 Å². The molecule has 8 nitrogen and oxygen atoms in total. The lowest BCUT2D eigenvalue weighted by molar-refractivity contribution is -0.153. The van der Waals surface area contributed by atoms with Gasteiger partial charge < -0.3 is 18.9 Å². The molecule has 0 aliphatic carbocycles. The Morgan fingerprint density at radius 2 is 1.11 bits per heavy atom. The van der Waals surface area contributed by atoms with E-state index in [-0.39, 0.29) is 19.8 Å². The van der Waals surface area contributed by atoms with Crippen LogP contribution in [0.5, 0.6) is 0 Å². The summed E-state index contributed by atoms with van der Waals surface area (Å²) < 4.78 is 19.8. The number of hydrogen-bond donors (Lipinski definition) is 0. The van der Waals surface area contributed by atoms with E-state index in [9.17, 15) is 19.2 Å². The van der Waals surface area contributed by atoms with Crippen molar-refractivity contribution in [3.05, 3.63) is 122 Å². The molecular formula is C28H28O8. The molecule has 0 fully saturated rings. The molecule has 1 atom stereocenters. The molecule has 0 bridgehead atoms. The molecular weight excluding hydrogens is 464 g/mol. The number of rotatable bonds is 12. The Morgan fingerprint density at radius 1 is 0.639 bits per heavy atom. The van der Waals surface area contributed by atoms with Crippen molar-refractivity contribution in [2.24, 2.45) is 0 Å². The number of ether oxygens (including phenoxy) is 4. The van der Waals surface area contributed by atoms with Gasteiger partial charge in [-0.25, -0.2) is 19.2 Å². The first-order chi connectivity index (χ1) is 17.3. The Labute approximate surface area is 210 Å². The van der Waals surface area contributed by atoms with Crippen LogP contribution in [0.4, 0.5) is 0 Å². The normalized spacial score (nSPS) is 10.2. The van der Waals surface area contributed by atoms with Crippen LogP contribution in [0.2, 0.25) is 0 Å². The lowest BCUT2D eigenvalue weighted by Crippen LogP contribution is -2.17. The summed E-state index contributed by atoms with van der Waals surface area (Å²) in [6.45, 7) is 13.5. The Morgan fingerprint density at radius 3 is 1.58 bits per heavy atom. The van der Waals surface area contributed by atoms with Gasteiger partial charge in [-0.3, -0.25) is 0 Å². The number of carbonyl (C=O) groups is 4. The minimum atomic E-state index is -0.652. The predicted octanol–water partition coefficient (Wildman–Crippen LogP) is 4.33. The van der Waals surface area contributed by atoms with Crippen molar-refractivity contribution in [3.63, 3.8) is 0 Å². The van der Waals surface area contributed by atoms with Gasteiger partial charge in [-0.1, -0.05) is 74.8 Å². The van der Waals surface area contributed by atoms with Crippen LogP contribution in [0, 0.1) is 0 Å². The third-order valence-electron chi connectivity index (χ3n) is 4.23. The number of hydrogen-bond acceptors (Lipinski definition) is 8. The standard InChI is InChI=1S/2C14H14O4/c1-3-13(15)17-9-11-6-5-7-12(8-11)10-18-14(16)4-2;1-3-13(15)17-10-12(18-14(16)4-2)11-8-6-5-7-9-11/h3-8H,1-2,9-10H2;3-9,12H,1-2,10H2. The van der Waals surface area contributed by atoms with Gasteiger partial charge in [0.25, 0.3) is 0 Å². The van der Waals surface area contributed by atoms with Gasteiger partial charge in [0.15, 0.2) is 6.10 Å². The first kappa shape index (κ1) is 29.3. The van der Waals surface area contributed by atoms with Gasteiger partial charge in [-0.05, 0) is 22.8 Å². The molecule has 8 heteroatoms. The third kappa shape index (κ3) is 11.9. The largest absolute Gasteiger partial charge is 0.458 e. The molecule has 0 N–H and O–H groups in total. The Hall–Kier alpha value is -4.72. The first-order valence-corrected chi connectivity index (χ1v) is 10.7. The average molecular weight is 493 g/mol. The second kappa shape index (κ2) is 16.8. The van der Waals surface area contributed by atoms with Gasteiger partial charge in [0.1, 0.15) is 19.8 Å². The second-order valence-electron chi connectivity index (χ2n) is 6.82. The van der Waals surface area contributed by atoms with E-state index in [1.807, 2.05) is 18.2 Å². The zero-order chi connectivity index (χ0) is 26.8. The molecule has 188 valence electrons. The molecule has 0 aliphatic rings. The summed E-state index contributed by atoms with van der Waals surface area (Å²) in [5.74, 6) is -2.08. The van der Waals surface area contributed by atoms with Crippen LogP contribution in [0.1, 0.15) is 22.8 Å². The van der Waals surface area contributed by atoms with E-state index < -0.39 is 30.0 Å². The van der Waals surface area contributed by atoms with Crippen LogP contribution in [-0.2, 0) is 51.3 Å². The highest BCUT2D eigenvalue weighted by atomic mass is 16.6. The van der Waals surface area contributed by atoms with E-state index in [0.717, 1.165) is 41.0 Å². The van der Waals surface area contributed by atoms with E-state index in [4.69, 9.17) is 18.9 Å². The maximum absolute atomic E-state index is 11.2. The van der Waals surface area contributed by atoms with E-state index in [1.54, 1.807) is 36.4 Å². The Bertz CT molecular complexity index is 1030. The summed E-state index contributed by atoms with van der Waals surface area (Å²) >= 11 is 0. The highest BCUT2D eigenvalue weighted by Crippen LogP contribution is 2.18. The van der Waals surface area contributed by atoms with Gasteiger partial charge in [-0.2, -0.15) is 0 Å². The van der Waals surface area contributed by atoms with Gasteiger partial charge in [0, 0.05) is 24.3 Å². The summed E-state index contributed by atoms with van der Waals surface area (Å²) in [7, 11) is 0. The van der Waals surface area contributed by atoms with Gasteiger partial charge >= 0.3 is 23.9 Å². The van der Waals surface area contributed by atoms with E-state index in [0.29, 0.717) is 0 Å². The van der Waals surface area contributed by atoms with Crippen LogP contribution in [-0.4, -0.2) is 30.5 Å². The molecule has 0 spiro atoms. The lowest BCUT2D eigenvalue weighted by Gasteiger charge is -2.16. The van der Waals surface area contributed by atoms with E-state index >= 15 is 0 Å². The van der Waals surface area contributed by atoms with Crippen molar-refractivity contribution in [2.75, 3.05) is 6.61 Å². The molecule has 0 aromatic heterocycles. The van der Waals surface area contributed by atoms with E-state index in [2.05, 4.69) is 26.3 Å². The molecule has 2 rings (SSSR count). The number of benzene rings is 2. The van der Waals surface area contributed by atoms with Crippen LogP contribution < -0.4 is 0 Å². The molecule has 0 heterocycles. The zero-order valence-corrected chi connectivity index (χ0v) is 19.8. The topological polar surface area (TPSA) is 105 Å². The fourth-order valence-electron chi connectivity index (χ4n) is 2.51. The zero-order valence-electron chi connectivity index (χ0n) is 19.8. The minimum absolute atomic E-state index is 0.0611. The summed E-state index contributed by atoms with van der Waals surface area (Å²) in [6.07, 6.45) is 3.68. The monoisotopic (exact) mass is 492 g/mol. The lowest BCUT2D eigenvalue weighted by atomic mass is 10.1. The molecule has 0 radical (unpaired) electrons. The molecule has 0 saturated carbocycles. The van der Waals surface area contributed by atoms with Gasteiger partial charge in [0.05, 0.1) is 0 Å². The summed E-state index contributed by atoms with van der Waals surface area (Å²) in [4.78, 5) is 44.0. The maximum atomic E-state index is 11.2. The quantitative estimate of drug-likeness (QED) is 0.245. The highest BCUT2D eigenvalue weighted by Gasteiger charge is 2.16. The Balaban J connectivity index is 0.000000360. The fourth-order valence-corrected chi connectivity index (χ4v) is 2.51. The van der Waals surface area contributed by atoms with Gasteiger partial charge in [-0.15, -0.1) is 0 Å². The van der Waals surface area contributed by atoms with Crippen molar-refractivity contribution >= 4 is 23.9 Å². The summed E-state index contributed by atoms with van der Waals surface area (Å²) in [5.41, 5.74) is 2.37. The number of esters is 4. The van der Waals surface area contributed by atoms with Crippen molar-refractivity contribution in [3.8, 4) is 0 Å². The van der Waals surface area contributed by atoms with E-state index in [1.165, 1.54) is 0 Å². The highest BCUT2D eigenvalue weighted by molar-refractivity contribution is 5.82. The molecule has 1 unspecified atom stereocenters.